The highest BCUT2D eigenvalue weighted by Crippen LogP contribution is 2.37. The van der Waals surface area contributed by atoms with Gasteiger partial charge in [-0.15, -0.1) is 0 Å². The number of amides is 2. The SMILES string of the molecule is CCOC(=O)C1=C(C)N(C)C(=O)[C@H](NC(=O)c2ccccc2)[C@@H]1c1ccccc1. The molecule has 0 fully saturated rings. The summed E-state index contributed by atoms with van der Waals surface area (Å²) in [6.45, 7) is 3.67. The Bertz CT molecular complexity index is 938. The number of hydrogen-bond donors (Lipinski definition) is 1. The molecule has 2 aromatic rings. The van der Waals surface area contributed by atoms with Gasteiger partial charge in [-0.25, -0.2) is 4.79 Å². The van der Waals surface area contributed by atoms with Crippen LogP contribution >= 0.6 is 0 Å². The van der Waals surface area contributed by atoms with Crippen LogP contribution in [0, 0.1) is 0 Å². The first-order valence-corrected chi connectivity index (χ1v) is 9.52. The third-order valence-electron chi connectivity index (χ3n) is 5.11. The quantitative estimate of drug-likeness (QED) is 0.794. The van der Waals surface area contributed by atoms with Gasteiger partial charge in [0.15, 0.2) is 0 Å². The average molecular weight is 392 g/mol. The zero-order chi connectivity index (χ0) is 21.0. The smallest absolute Gasteiger partial charge is 0.336 e. The molecular formula is C23H24N2O4. The average Bonchev–Trinajstić information content (AvgIpc) is 2.75. The minimum Gasteiger partial charge on any atom is -0.463 e. The van der Waals surface area contributed by atoms with Crippen LogP contribution in [0.4, 0.5) is 0 Å². The third kappa shape index (κ3) is 4.06. The minimum atomic E-state index is -0.932. The predicted octanol–water partition coefficient (Wildman–Crippen LogP) is 2.88. The topological polar surface area (TPSA) is 75.7 Å². The molecule has 0 saturated carbocycles. The number of rotatable bonds is 5. The van der Waals surface area contributed by atoms with Gasteiger partial charge in [0.05, 0.1) is 12.2 Å². The normalized spacial score (nSPS) is 19.1. The Hall–Kier alpha value is -3.41. The molecule has 2 atom stereocenters. The van der Waals surface area contributed by atoms with Gasteiger partial charge in [0, 0.05) is 24.2 Å². The number of carbonyl (C=O) groups excluding carboxylic acids is 3. The van der Waals surface area contributed by atoms with E-state index in [0.29, 0.717) is 16.8 Å². The Morgan fingerprint density at radius 1 is 1.03 bits per heavy atom. The van der Waals surface area contributed by atoms with Gasteiger partial charge in [0.25, 0.3) is 5.91 Å². The first kappa shape index (κ1) is 20.3. The maximum Gasteiger partial charge on any atom is 0.336 e. The van der Waals surface area contributed by atoms with Gasteiger partial charge in [0.1, 0.15) is 6.04 Å². The molecule has 0 saturated heterocycles. The van der Waals surface area contributed by atoms with Crippen molar-refractivity contribution in [1.82, 2.24) is 10.2 Å². The van der Waals surface area contributed by atoms with Gasteiger partial charge in [0.2, 0.25) is 5.91 Å². The number of likely N-dealkylation sites (N-methyl/N-ethyl adjacent to an activating group) is 1. The molecule has 1 aliphatic rings. The van der Waals surface area contributed by atoms with Crippen molar-refractivity contribution in [2.45, 2.75) is 25.8 Å². The lowest BCUT2D eigenvalue weighted by Crippen LogP contribution is -2.54. The number of hydrogen-bond acceptors (Lipinski definition) is 4. The number of esters is 1. The molecule has 6 heteroatoms. The van der Waals surface area contributed by atoms with E-state index in [9.17, 15) is 14.4 Å². The lowest BCUT2D eigenvalue weighted by Gasteiger charge is -2.38. The zero-order valence-corrected chi connectivity index (χ0v) is 16.7. The summed E-state index contributed by atoms with van der Waals surface area (Å²) in [5, 5.41) is 2.84. The Kier molecular flexibility index (Phi) is 6.12. The summed E-state index contributed by atoms with van der Waals surface area (Å²) in [6.07, 6.45) is 0. The van der Waals surface area contributed by atoms with Crippen LogP contribution in [0.15, 0.2) is 71.9 Å². The summed E-state index contributed by atoms with van der Waals surface area (Å²) in [5.74, 6) is -1.79. The molecule has 3 rings (SSSR count). The van der Waals surface area contributed by atoms with Crippen LogP contribution in [0.3, 0.4) is 0 Å². The number of allylic oxidation sites excluding steroid dienone is 1. The molecule has 0 unspecified atom stereocenters. The molecule has 1 N–H and O–H groups in total. The highest BCUT2D eigenvalue weighted by atomic mass is 16.5. The largest absolute Gasteiger partial charge is 0.463 e. The lowest BCUT2D eigenvalue weighted by molar-refractivity contribution is -0.140. The van der Waals surface area contributed by atoms with Crippen LogP contribution in [0.1, 0.15) is 35.7 Å². The van der Waals surface area contributed by atoms with E-state index in [1.54, 1.807) is 45.2 Å². The summed E-state index contributed by atoms with van der Waals surface area (Å²) < 4.78 is 5.28. The van der Waals surface area contributed by atoms with Crippen LogP contribution in [0.5, 0.6) is 0 Å². The molecular weight excluding hydrogens is 368 g/mol. The molecule has 1 aliphatic heterocycles. The van der Waals surface area contributed by atoms with Gasteiger partial charge in [-0.1, -0.05) is 48.5 Å². The molecule has 1 heterocycles. The maximum absolute atomic E-state index is 13.1. The van der Waals surface area contributed by atoms with Gasteiger partial charge >= 0.3 is 5.97 Å². The molecule has 0 radical (unpaired) electrons. The van der Waals surface area contributed by atoms with E-state index in [0.717, 1.165) is 5.56 Å². The van der Waals surface area contributed by atoms with E-state index >= 15 is 0 Å². The van der Waals surface area contributed by atoms with Crippen molar-refractivity contribution in [3.05, 3.63) is 83.1 Å². The van der Waals surface area contributed by atoms with Gasteiger partial charge in [-0.3, -0.25) is 9.59 Å². The van der Waals surface area contributed by atoms with Crippen molar-refractivity contribution in [3.63, 3.8) is 0 Å². The number of nitrogens with zero attached hydrogens (tertiary/aromatic N) is 1. The predicted molar refractivity (Wildman–Crippen MR) is 109 cm³/mol. The second kappa shape index (κ2) is 8.73. The van der Waals surface area contributed by atoms with E-state index in [2.05, 4.69) is 5.32 Å². The summed E-state index contributed by atoms with van der Waals surface area (Å²) in [5.41, 5.74) is 2.10. The van der Waals surface area contributed by atoms with Crippen LogP contribution in [0.2, 0.25) is 0 Å². The van der Waals surface area contributed by atoms with Crippen molar-refractivity contribution in [2.24, 2.45) is 0 Å². The minimum absolute atomic E-state index is 0.218. The van der Waals surface area contributed by atoms with Crippen LogP contribution in [0.25, 0.3) is 0 Å². The number of carbonyl (C=O) groups is 3. The van der Waals surface area contributed by atoms with Crippen LogP contribution < -0.4 is 5.32 Å². The second-order valence-electron chi connectivity index (χ2n) is 6.82. The monoisotopic (exact) mass is 392 g/mol. The maximum atomic E-state index is 13.1. The summed E-state index contributed by atoms with van der Waals surface area (Å²) >= 11 is 0. The van der Waals surface area contributed by atoms with E-state index in [4.69, 9.17) is 4.74 Å². The Balaban J connectivity index is 2.08. The molecule has 150 valence electrons. The standard InChI is InChI=1S/C23H24N2O4/c1-4-29-23(28)18-15(2)25(3)22(27)20(19(18)16-11-7-5-8-12-16)24-21(26)17-13-9-6-10-14-17/h5-14,19-20H,4H2,1-3H3,(H,24,26)/t19-,20-/m1/s1. The summed E-state index contributed by atoms with van der Waals surface area (Å²) in [4.78, 5) is 40.2. The first-order chi connectivity index (χ1) is 14.0. The lowest BCUT2D eigenvalue weighted by atomic mass is 9.80. The molecule has 6 nitrogen and oxygen atoms in total. The molecule has 2 aromatic carbocycles. The molecule has 2 amide bonds. The van der Waals surface area contributed by atoms with E-state index in [1.807, 2.05) is 36.4 Å². The first-order valence-electron chi connectivity index (χ1n) is 9.52. The summed E-state index contributed by atoms with van der Waals surface area (Å²) in [7, 11) is 1.60. The Morgan fingerprint density at radius 2 is 1.62 bits per heavy atom. The molecule has 0 spiro atoms. The highest BCUT2D eigenvalue weighted by molar-refractivity contribution is 6.02. The Morgan fingerprint density at radius 3 is 2.21 bits per heavy atom. The fourth-order valence-electron chi connectivity index (χ4n) is 3.55. The van der Waals surface area contributed by atoms with Crippen molar-refractivity contribution in [2.75, 3.05) is 13.7 Å². The van der Waals surface area contributed by atoms with Crippen molar-refractivity contribution in [3.8, 4) is 0 Å². The van der Waals surface area contributed by atoms with Crippen molar-refractivity contribution < 1.29 is 19.1 Å². The number of benzene rings is 2. The van der Waals surface area contributed by atoms with Gasteiger partial charge in [-0.2, -0.15) is 0 Å². The molecule has 0 bridgehead atoms. The Labute approximate surface area is 170 Å². The van der Waals surface area contributed by atoms with E-state index in [-0.39, 0.29) is 18.4 Å². The van der Waals surface area contributed by atoms with Crippen LogP contribution in [-0.4, -0.2) is 42.4 Å². The van der Waals surface area contributed by atoms with E-state index < -0.39 is 17.9 Å². The highest BCUT2D eigenvalue weighted by Gasteiger charge is 2.44. The van der Waals surface area contributed by atoms with Crippen molar-refractivity contribution >= 4 is 17.8 Å². The van der Waals surface area contributed by atoms with Crippen molar-refractivity contribution in [1.29, 1.82) is 0 Å². The van der Waals surface area contributed by atoms with E-state index in [1.165, 1.54) is 4.90 Å². The van der Waals surface area contributed by atoms with Crippen LogP contribution in [-0.2, 0) is 14.3 Å². The molecule has 0 aliphatic carbocycles. The fraction of sp³-hybridized carbons (Fsp3) is 0.261. The van der Waals surface area contributed by atoms with Gasteiger partial charge in [-0.05, 0) is 31.5 Å². The van der Waals surface area contributed by atoms with Gasteiger partial charge < -0.3 is 15.0 Å². The molecule has 0 aromatic heterocycles. The fourth-order valence-corrected chi connectivity index (χ4v) is 3.55. The zero-order valence-electron chi connectivity index (χ0n) is 16.7. The molecule has 29 heavy (non-hydrogen) atoms. The number of ether oxygens (including phenoxy) is 1. The number of nitrogens with one attached hydrogen (secondary N) is 1. The summed E-state index contributed by atoms with van der Waals surface area (Å²) in [6, 6.07) is 17.0. The second-order valence-corrected chi connectivity index (χ2v) is 6.82. The third-order valence-corrected chi connectivity index (χ3v) is 5.11.